The summed E-state index contributed by atoms with van der Waals surface area (Å²) < 4.78 is 0. The molecule has 0 saturated heterocycles. The first-order chi connectivity index (χ1) is 8.61. The molecule has 3 nitrogen and oxygen atoms in total. The maximum atomic E-state index is 5.85. The van der Waals surface area contributed by atoms with Crippen molar-refractivity contribution in [3.05, 3.63) is 29.8 Å². The van der Waals surface area contributed by atoms with Crippen molar-refractivity contribution in [3.63, 3.8) is 0 Å². The smallest absolute Gasteiger partial charge is 0.193 e. The van der Waals surface area contributed by atoms with Gasteiger partial charge in [0.1, 0.15) is 0 Å². The molecule has 0 spiro atoms. The Balaban J connectivity index is 0.00000324. The highest BCUT2D eigenvalue weighted by Crippen LogP contribution is 2.10. The second kappa shape index (κ2) is 10.1. The van der Waals surface area contributed by atoms with Gasteiger partial charge >= 0.3 is 0 Å². The fourth-order valence-corrected chi connectivity index (χ4v) is 1.76. The predicted octanol–water partition coefficient (Wildman–Crippen LogP) is 4.03. The lowest BCUT2D eigenvalue weighted by atomic mass is 10.1. The molecule has 1 rings (SSSR count). The molecule has 0 saturated carbocycles. The molecule has 0 atom stereocenters. The van der Waals surface area contributed by atoms with E-state index in [9.17, 15) is 0 Å². The van der Waals surface area contributed by atoms with Crippen LogP contribution >= 0.6 is 24.0 Å². The minimum absolute atomic E-state index is 0. The summed E-state index contributed by atoms with van der Waals surface area (Å²) in [6, 6.07) is 8.26. The van der Waals surface area contributed by atoms with Crippen LogP contribution in [-0.4, -0.2) is 12.5 Å². The molecule has 0 aliphatic heterocycles. The lowest BCUT2D eigenvalue weighted by molar-refractivity contribution is 0.561. The van der Waals surface area contributed by atoms with Crippen molar-refractivity contribution in [2.24, 2.45) is 16.6 Å². The quantitative estimate of drug-likeness (QED) is 0.341. The van der Waals surface area contributed by atoms with Crippen LogP contribution in [0.25, 0.3) is 0 Å². The topological polar surface area (TPSA) is 50.4 Å². The Morgan fingerprint density at radius 3 is 2.74 bits per heavy atom. The average Bonchev–Trinajstić information content (AvgIpc) is 2.34. The Hall–Kier alpha value is -0.780. The summed E-state index contributed by atoms with van der Waals surface area (Å²) in [5.41, 5.74) is 8.17. The fraction of sp³-hybridized carbons (Fsp3) is 0.533. The molecular weight excluding hydrogens is 349 g/mol. The first-order valence-electron chi connectivity index (χ1n) is 6.77. The first kappa shape index (κ1) is 18.2. The number of halogens is 1. The molecular formula is C15H26IN3. The molecule has 4 heteroatoms. The zero-order chi connectivity index (χ0) is 13.4. The standard InChI is InChI=1S/C15H25N3.HI/c1-4-13-8-5-9-14(11-13)18-15(16)17-10-6-7-12(2)3;/h5,8-9,11-12H,4,6-7,10H2,1-3H3,(H3,16,17,18);1H. The van der Waals surface area contributed by atoms with E-state index in [2.05, 4.69) is 43.2 Å². The fourth-order valence-electron chi connectivity index (χ4n) is 1.76. The highest BCUT2D eigenvalue weighted by molar-refractivity contribution is 14.0. The second-order valence-electron chi connectivity index (χ2n) is 4.98. The van der Waals surface area contributed by atoms with E-state index in [4.69, 9.17) is 5.73 Å². The minimum atomic E-state index is 0. The van der Waals surface area contributed by atoms with E-state index < -0.39 is 0 Å². The van der Waals surface area contributed by atoms with Gasteiger partial charge in [-0.1, -0.05) is 32.9 Å². The van der Waals surface area contributed by atoms with Crippen molar-refractivity contribution in [1.29, 1.82) is 0 Å². The van der Waals surface area contributed by atoms with Crippen molar-refractivity contribution in [2.75, 3.05) is 11.9 Å². The van der Waals surface area contributed by atoms with Crippen LogP contribution in [0.5, 0.6) is 0 Å². The number of hydrogen-bond acceptors (Lipinski definition) is 1. The van der Waals surface area contributed by atoms with Crippen molar-refractivity contribution >= 4 is 35.6 Å². The number of aryl methyl sites for hydroxylation is 1. The molecule has 1 aromatic rings. The largest absolute Gasteiger partial charge is 0.370 e. The minimum Gasteiger partial charge on any atom is -0.370 e. The molecule has 0 fully saturated rings. The van der Waals surface area contributed by atoms with Crippen LogP contribution < -0.4 is 11.1 Å². The third-order valence-corrected chi connectivity index (χ3v) is 2.83. The molecule has 108 valence electrons. The van der Waals surface area contributed by atoms with E-state index >= 15 is 0 Å². The molecule has 0 aromatic heterocycles. The summed E-state index contributed by atoms with van der Waals surface area (Å²) in [6.45, 7) is 7.39. The van der Waals surface area contributed by atoms with Gasteiger partial charge in [0, 0.05) is 12.2 Å². The van der Waals surface area contributed by atoms with E-state index in [1.54, 1.807) is 0 Å². The van der Waals surface area contributed by atoms with Gasteiger partial charge in [-0.05, 0) is 42.9 Å². The van der Waals surface area contributed by atoms with Crippen LogP contribution in [0.4, 0.5) is 5.69 Å². The van der Waals surface area contributed by atoms with E-state index in [0.29, 0.717) is 5.96 Å². The van der Waals surface area contributed by atoms with Gasteiger partial charge in [-0.3, -0.25) is 4.99 Å². The molecule has 0 heterocycles. The maximum Gasteiger partial charge on any atom is 0.193 e. The third kappa shape index (κ3) is 8.08. The van der Waals surface area contributed by atoms with Crippen molar-refractivity contribution in [1.82, 2.24) is 0 Å². The molecule has 0 aliphatic rings. The summed E-state index contributed by atoms with van der Waals surface area (Å²) in [5.74, 6) is 1.24. The van der Waals surface area contributed by atoms with Crippen molar-refractivity contribution in [2.45, 2.75) is 40.0 Å². The zero-order valence-corrected chi connectivity index (χ0v) is 14.5. The van der Waals surface area contributed by atoms with Gasteiger partial charge < -0.3 is 11.1 Å². The second-order valence-corrected chi connectivity index (χ2v) is 4.98. The number of hydrogen-bond donors (Lipinski definition) is 2. The number of guanidine groups is 1. The molecule has 3 N–H and O–H groups in total. The van der Waals surface area contributed by atoms with Crippen molar-refractivity contribution < 1.29 is 0 Å². The molecule has 0 radical (unpaired) electrons. The molecule has 0 unspecified atom stereocenters. The van der Waals surface area contributed by atoms with Gasteiger partial charge in [-0.25, -0.2) is 0 Å². The SMILES string of the molecule is CCc1cccc(NC(N)=NCCCC(C)C)c1.I. The molecule has 1 aromatic carbocycles. The van der Waals surface area contributed by atoms with E-state index in [1.165, 1.54) is 12.0 Å². The summed E-state index contributed by atoms with van der Waals surface area (Å²) in [6.07, 6.45) is 3.32. The van der Waals surface area contributed by atoms with Crippen LogP contribution in [0, 0.1) is 5.92 Å². The number of nitrogens with one attached hydrogen (secondary N) is 1. The zero-order valence-electron chi connectivity index (χ0n) is 12.1. The van der Waals surface area contributed by atoms with Gasteiger partial charge in [-0.2, -0.15) is 0 Å². The van der Waals surface area contributed by atoms with Crippen LogP contribution in [0.1, 0.15) is 39.2 Å². The summed E-state index contributed by atoms with van der Waals surface area (Å²) in [4.78, 5) is 4.33. The normalized spacial score (nSPS) is 11.3. The van der Waals surface area contributed by atoms with E-state index in [1.807, 2.05) is 12.1 Å². The highest BCUT2D eigenvalue weighted by Gasteiger charge is 1.97. The Morgan fingerprint density at radius 1 is 1.37 bits per heavy atom. The first-order valence-corrected chi connectivity index (χ1v) is 6.77. The molecule has 0 amide bonds. The lowest BCUT2D eigenvalue weighted by Crippen LogP contribution is -2.22. The number of nitrogens with two attached hydrogens (primary N) is 1. The van der Waals surface area contributed by atoms with Gasteiger partial charge in [0.15, 0.2) is 5.96 Å². The van der Waals surface area contributed by atoms with E-state index in [-0.39, 0.29) is 24.0 Å². The van der Waals surface area contributed by atoms with Crippen LogP contribution in [-0.2, 0) is 6.42 Å². The van der Waals surface area contributed by atoms with Crippen LogP contribution in [0.2, 0.25) is 0 Å². The molecule has 0 bridgehead atoms. The lowest BCUT2D eigenvalue weighted by Gasteiger charge is -2.07. The number of rotatable bonds is 6. The van der Waals surface area contributed by atoms with Gasteiger partial charge in [0.2, 0.25) is 0 Å². The maximum absolute atomic E-state index is 5.85. The Kier molecular flexibility index (Phi) is 9.65. The predicted molar refractivity (Wildman–Crippen MR) is 95.4 cm³/mol. The van der Waals surface area contributed by atoms with Crippen LogP contribution in [0.15, 0.2) is 29.3 Å². The van der Waals surface area contributed by atoms with Gasteiger partial charge in [0.25, 0.3) is 0 Å². The Morgan fingerprint density at radius 2 is 2.11 bits per heavy atom. The summed E-state index contributed by atoms with van der Waals surface area (Å²) in [7, 11) is 0. The number of nitrogens with zero attached hydrogens (tertiary/aromatic N) is 1. The monoisotopic (exact) mass is 375 g/mol. The molecule has 19 heavy (non-hydrogen) atoms. The van der Waals surface area contributed by atoms with Gasteiger partial charge in [-0.15, -0.1) is 24.0 Å². The third-order valence-electron chi connectivity index (χ3n) is 2.83. The number of aliphatic imine (C=N–C) groups is 1. The summed E-state index contributed by atoms with van der Waals surface area (Å²) in [5, 5.41) is 3.13. The number of benzene rings is 1. The Labute approximate surface area is 134 Å². The average molecular weight is 375 g/mol. The van der Waals surface area contributed by atoms with Crippen LogP contribution in [0.3, 0.4) is 0 Å². The summed E-state index contributed by atoms with van der Waals surface area (Å²) >= 11 is 0. The highest BCUT2D eigenvalue weighted by atomic mass is 127. The van der Waals surface area contributed by atoms with Crippen molar-refractivity contribution in [3.8, 4) is 0 Å². The van der Waals surface area contributed by atoms with E-state index in [0.717, 1.165) is 31.0 Å². The molecule has 0 aliphatic carbocycles. The Bertz CT molecular complexity index is 389. The number of anilines is 1. The van der Waals surface area contributed by atoms with Gasteiger partial charge in [0.05, 0.1) is 0 Å².